The van der Waals surface area contributed by atoms with Gasteiger partial charge in [0.2, 0.25) is 11.8 Å². The summed E-state index contributed by atoms with van der Waals surface area (Å²) < 4.78 is 0. The molecule has 2 amide bonds. The third-order valence-electron chi connectivity index (χ3n) is 4.20. The van der Waals surface area contributed by atoms with Gasteiger partial charge in [-0.25, -0.2) is 0 Å². The number of carbonyl (C=O) groups excluding carboxylic acids is 2. The van der Waals surface area contributed by atoms with E-state index < -0.39 is 6.10 Å². The van der Waals surface area contributed by atoms with Gasteiger partial charge in [0, 0.05) is 25.0 Å². The van der Waals surface area contributed by atoms with E-state index in [1.807, 2.05) is 44.2 Å². The van der Waals surface area contributed by atoms with Gasteiger partial charge in [0.15, 0.2) is 0 Å². The van der Waals surface area contributed by atoms with Crippen LogP contribution in [0.5, 0.6) is 0 Å². The van der Waals surface area contributed by atoms with Crippen molar-refractivity contribution >= 4 is 11.8 Å². The van der Waals surface area contributed by atoms with Gasteiger partial charge in [-0.05, 0) is 18.4 Å². The van der Waals surface area contributed by atoms with Crippen molar-refractivity contribution in [3.8, 4) is 0 Å². The number of hydrogen-bond donors (Lipinski definition) is 2. The van der Waals surface area contributed by atoms with Gasteiger partial charge in [0.1, 0.15) is 0 Å². The number of piperidine rings is 1. The molecule has 1 aromatic rings. The molecule has 2 N–H and O–H groups in total. The van der Waals surface area contributed by atoms with E-state index in [0.717, 1.165) is 18.4 Å². The van der Waals surface area contributed by atoms with Crippen molar-refractivity contribution < 1.29 is 14.7 Å². The molecule has 0 bridgehead atoms. The van der Waals surface area contributed by atoms with Crippen LogP contribution in [-0.2, 0) is 9.59 Å². The highest BCUT2D eigenvalue weighted by Gasteiger charge is 2.26. The van der Waals surface area contributed by atoms with E-state index in [-0.39, 0.29) is 30.2 Å². The summed E-state index contributed by atoms with van der Waals surface area (Å²) in [5, 5.41) is 13.2. The summed E-state index contributed by atoms with van der Waals surface area (Å²) in [4.78, 5) is 25.9. The molecule has 5 nitrogen and oxygen atoms in total. The Morgan fingerprint density at radius 2 is 2.00 bits per heavy atom. The van der Waals surface area contributed by atoms with Crippen LogP contribution in [0.15, 0.2) is 30.3 Å². The lowest BCUT2D eigenvalue weighted by molar-refractivity contribution is -0.136. The van der Waals surface area contributed by atoms with Crippen LogP contribution < -0.4 is 5.32 Å². The van der Waals surface area contributed by atoms with Gasteiger partial charge in [0.05, 0.1) is 12.5 Å². The third-order valence-corrected chi connectivity index (χ3v) is 4.20. The lowest BCUT2D eigenvalue weighted by Crippen LogP contribution is -2.50. The smallest absolute Gasteiger partial charge is 0.225 e. The summed E-state index contributed by atoms with van der Waals surface area (Å²) in [6, 6.07) is 9.23. The SMILES string of the molecule is CC(C)C(=O)NC1CCCN(C(=O)CC(O)c2ccccc2)C1. The van der Waals surface area contributed by atoms with Crippen LogP contribution in [0, 0.1) is 5.92 Å². The van der Waals surface area contributed by atoms with Crippen molar-refractivity contribution in [3.63, 3.8) is 0 Å². The maximum absolute atomic E-state index is 12.4. The molecular formula is C18H26N2O3. The predicted octanol–water partition coefficient (Wildman–Crippen LogP) is 1.87. The van der Waals surface area contributed by atoms with Crippen molar-refractivity contribution in [1.82, 2.24) is 10.2 Å². The number of nitrogens with one attached hydrogen (secondary N) is 1. The second-order valence-electron chi connectivity index (χ2n) is 6.47. The first kappa shape index (κ1) is 17.5. The van der Waals surface area contributed by atoms with Crippen LogP contribution in [-0.4, -0.2) is 41.0 Å². The van der Waals surface area contributed by atoms with Gasteiger partial charge in [-0.15, -0.1) is 0 Å². The monoisotopic (exact) mass is 318 g/mol. The first-order valence-corrected chi connectivity index (χ1v) is 8.28. The van der Waals surface area contributed by atoms with Gasteiger partial charge in [-0.3, -0.25) is 9.59 Å². The Kier molecular flexibility index (Phi) is 6.16. The molecule has 0 aliphatic carbocycles. The second-order valence-corrected chi connectivity index (χ2v) is 6.47. The molecule has 1 aliphatic heterocycles. The van der Waals surface area contributed by atoms with E-state index in [4.69, 9.17) is 0 Å². The van der Waals surface area contributed by atoms with Crippen molar-refractivity contribution in [2.45, 2.75) is 45.3 Å². The topological polar surface area (TPSA) is 69.6 Å². The fourth-order valence-electron chi connectivity index (χ4n) is 2.78. The number of aliphatic hydroxyl groups excluding tert-OH is 1. The van der Waals surface area contributed by atoms with Gasteiger partial charge >= 0.3 is 0 Å². The zero-order valence-electron chi connectivity index (χ0n) is 13.9. The Bertz CT molecular complexity index is 530. The largest absolute Gasteiger partial charge is 0.388 e. The molecule has 126 valence electrons. The van der Waals surface area contributed by atoms with E-state index in [1.54, 1.807) is 4.90 Å². The molecule has 2 unspecified atom stereocenters. The van der Waals surface area contributed by atoms with Crippen molar-refractivity contribution in [2.75, 3.05) is 13.1 Å². The molecule has 0 aromatic heterocycles. The minimum Gasteiger partial charge on any atom is -0.388 e. The highest BCUT2D eigenvalue weighted by molar-refractivity contribution is 5.79. The molecule has 0 spiro atoms. The highest BCUT2D eigenvalue weighted by atomic mass is 16.3. The molecule has 0 radical (unpaired) electrons. The average Bonchev–Trinajstić information content (AvgIpc) is 2.55. The molecule has 2 rings (SSSR count). The summed E-state index contributed by atoms with van der Waals surface area (Å²) in [5.74, 6) is -0.0977. The Morgan fingerprint density at radius 3 is 2.65 bits per heavy atom. The molecule has 1 heterocycles. The normalized spacial score (nSPS) is 19.5. The van der Waals surface area contributed by atoms with Gasteiger partial charge in [-0.1, -0.05) is 44.2 Å². The predicted molar refractivity (Wildman–Crippen MR) is 88.6 cm³/mol. The number of rotatable bonds is 5. The summed E-state index contributed by atoms with van der Waals surface area (Å²) in [6.07, 6.45) is 1.06. The Hall–Kier alpha value is -1.88. The zero-order chi connectivity index (χ0) is 16.8. The minimum absolute atomic E-state index is 0.0106. The number of aliphatic hydroxyl groups is 1. The van der Waals surface area contributed by atoms with Crippen LogP contribution in [0.1, 0.15) is 44.8 Å². The van der Waals surface area contributed by atoms with Crippen LogP contribution in [0.2, 0.25) is 0 Å². The molecule has 23 heavy (non-hydrogen) atoms. The number of benzene rings is 1. The molecule has 0 saturated carbocycles. The summed E-state index contributed by atoms with van der Waals surface area (Å²) in [7, 11) is 0. The zero-order valence-corrected chi connectivity index (χ0v) is 13.9. The quantitative estimate of drug-likeness (QED) is 0.871. The molecule has 1 aromatic carbocycles. The summed E-state index contributed by atoms with van der Waals surface area (Å²) >= 11 is 0. The summed E-state index contributed by atoms with van der Waals surface area (Å²) in [6.45, 7) is 4.93. The molecule has 1 saturated heterocycles. The first-order valence-electron chi connectivity index (χ1n) is 8.28. The second kappa shape index (κ2) is 8.11. The number of amides is 2. The van der Waals surface area contributed by atoms with Crippen molar-refractivity contribution in [3.05, 3.63) is 35.9 Å². The molecule has 5 heteroatoms. The number of hydrogen-bond acceptors (Lipinski definition) is 3. The molecule has 1 fully saturated rings. The van der Waals surface area contributed by atoms with E-state index in [0.29, 0.717) is 13.1 Å². The Balaban J connectivity index is 1.88. The lowest BCUT2D eigenvalue weighted by Gasteiger charge is -2.34. The lowest BCUT2D eigenvalue weighted by atomic mass is 10.0. The molecule has 1 aliphatic rings. The number of nitrogens with zero attached hydrogens (tertiary/aromatic N) is 1. The first-order chi connectivity index (χ1) is 11.0. The van der Waals surface area contributed by atoms with Gasteiger partial charge < -0.3 is 15.3 Å². The maximum Gasteiger partial charge on any atom is 0.225 e. The minimum atomic E-state index is -0.783. The van der Waals surface area contributed by atoms with Gasteiger partial charge in [-0.2, -0.15) is 0 Å². The van der Waals surface area contributed by atoms with Crippen LogP contribution in [0.3, 0.4) is 0 Å². The van der Waals surface area contributed by atoms with Crippen LogP contribution in [0.25, 0.3) is 0 Å². The van der Waals surface area contributed by atoms with E-state index in [1.165, 1.54) is 0 Å². The number of carbonyl (C=O) groups is 2. The summed E-state index contributed by atoms with van der Waals surface area (Å²) in [5.41, 5.74) is 0.752. The fraction of sp³-hybridized carbons (Fsp3) is 0.556. The molecule has 2 atom stereocenters. The highest BCUT2D eigenvalue weighted by Crippen LogP contribution is 2.19. The van der Waals surface area contributed by atoms with Gasteiger partial charge in [0.25, 0.3) is 0 Å². The third kappa shape index (κ3) is 5.06. The van der Waals surface area contributed by atoms with Crippen molar-refractivity contribution in [2.24, 2.45) is 5.92 Å². The fourth-order valence-corrected chi connectivity index (χ4v) is 2.78. The van der Waals surface area contributed by atoms with E-state index in [9.17, 15) is 14.7 Å². The Labute approximate surface area is 137 Å². The Morgan fingerprint density at radius 1 is 1.30 bits per heavy atom. The van der Waals surface area contributed by atoms with E-state index >= 15 is 0 Å². The molecular weight excluding hydrogens is 292 g/mol. The standard InChI is InChI=1S/C18H26N2O3/c1-13(2)18(23)19-15-9-6-10-20(12-15)17(22)11-16(21)14-7-4-3-5-8-14/h3-5,7-8,13,15-16,21H,6,9-12H2,1-2H3,(H,19,23). The maximum atomic E-state index is 12.4. The van der Waals surface area contributed by atoms with Crippen LogP contribution >= 0.6 is 0 Å². The van der Waals surface area contributed by atoms with E-state index in [2.05, 4.69) is 5.32 Å². The average molecular weight is 318 g/mol. The number of likely N-dealkylation sites (tertiary alicyclic amines) is 1. The van der Waals surface area contributed by atoms with Crippen LogP contribution in [0.4, 0.5) is 0 Å². The van der Waals surface area contributed by atoms with Crippen molar-refractivity contribution in [1.29, 1.82) is 0 Å².